The number of nitrogens with zero attached hydrogens (tertiary/aromatic N) is 1. The topological polar surface area (TPSA) is 58.4 Å². The van der Waals surface area contributed by atoms with Gasteiger partial charge in [-0.3, -0.25) is 4.79 Å². The SMILES string of the molecule is CNC(=O)CCCN(C)CCC(N)=S. The first-order valence-corrected chi connectivity index (χ1v) is 5.14. The van der Waals surface area contributed by atoms with Crippen LogP contribution in [-0.2, 0) is 4.79 Å². The molecule has 14 heavy (non-hydrogen) atoms. The number of amides is 1. The third kappa shape index (κ3) is 7.94. The van der Waals surface area contributed by atoms with Crippen molar-refractivity contribution >= 4 is 23.1 Å². The highest BCUT2D eigenvalue weighted by atomic mass is 32.1. The highest BCUT2D eigenvalue weighted by Crippen LogP contribution is 1.94. The molecule has 5 heteroatoms. The largest absolute Gasteiger partial charge is 0.393 e. The first kappa shape index (κ1) is 13.3. The van der Waals surface area contributed by atoms with Gasteiger partial charge in [-0.25, -0.2) is 0 Å². The summed E-state index contributed by atoms with van der Waals surface area (Å²) in [5.74, 6) is 0.0905. The maximum Gasteiger partial charge on any atom is 0.219 e. The molecule has 0 heterocycles. The van der Waals surface area contributed by atoms with E-state index in [4.69, 9.17) is 18.0 Å². The van der Waals surface area contributed by atoms with Gasteiger partial charge in [0.15, 0.2) is 0 Å². The average molecular weight is 217 g/mol. The number of nitrogens with two attached hydrogens (primary N) is 1. The second kappa shape index (κ2) is 7.70. The van der Waals surface area contributed by atoms with Crippen molar-refractivity contribution in [3.63, 3.8) is 0 Å². The zero-order valence-corrected chi connectivity index (χ0v) is 9.69. The molecule has 0 aromatic rings. The summed E-state index contributed by atoms with van der Waals surface area (Å²) < 4.78 is 0. The molecule has 0 radical (unpaired) electrons. The fourth-order valence-electron chi connectivity index (χ4n) is 1.05. The molecule has 0 atom stereocenters. The molecule has 0 aliphatic rings. The number of carbonyl (C=O) groups excluding carboxylic acids is 1. The number of thiocarbonyl (C=S) groups is 1. The quantitative estimate of drug-likeness (QED) is 0.595. The lowest BCUT2D eigenvalue weighted by molar-refractivity contribution is -0.120. The van der Waals surface area contributed by atoms with Crippen LogP contribution in [0.15, 0.2) is 0 Å². The van der Waals surface area contributed by atoms with Gasteiger partial charge < -0.3 is 16.0 Å². The van der Waals surface area contributed by atoms with E-state index in [9.17, 15) is 4.79 Å². The summed E-state index contributed by atoms with van der Waals surface area (Å²) in [6, 6.07) is 0. The van der Waals surface area contributed by atoms with Crippen LogP contribution in [-0.4, -0.2) is 43.0 Å². The van der Waals surface area contributed by atoms with Crippen molar-refractivity contribution in [2.45, 2.75) is 19.3 Å². The second-order valence-electron chi connectivity index (χ2n) is 3.30. The van der Waals surface area contributed by atoms with Crippen molar-refractivity contribution in [2.75, 3.05) is 27.2 Å². The zero-order chi connectivity index (χ0) is 11.0. The maximum absolute atomic E-state index is 10.9. The molecule has 0 bridgehead atoms. The van der Waals surface area contributed by atoms with Crippen LogP contribution in [0.4, 0.5) is 0 Å². The zero-order valence-electron chi connectivity index (χ0n) is 8.88. The average Bonchev–Trinajstić information content (AvgIpc) is 2.14. The van der Waals surface area contributed by atoms with Crippen molar-refractivity contribution in [3.05, 3.63) is 0 Å². The predicted molar refractivity (Wildman–Crippen MR) is 62.2 cm³/mol. The Kier molecular flexibility index (Phi) is 7.32. The van der Waals surface area contributed by atoms with Gasteiger partial charge in [-0.1, -0.05) is 12.2 Å². The summed E-state index contributed by atoms with van der Waals surface area (Å²) in [5.41, 5.74) is 5.38. The molecule has 0 aromatic heterocycles. The van der Waals surface area contributed by atoms with E-state index in [0.717, 1.165) is 25.9 Å². The van der Waals surface area contributed by atoms with Gasteiger partial charge in [-0.05, 0) is 20.0 Å². The molecule has 0 spiro atoms. The summed E-state index contributed by atoms with van der Waals surface area (Å²) in [5, 5.41) is 2.59. The number of rotatable bonds is 7. The Labute approximate surface area is 90.8 Å². The van der Waals surface area contributed by atoms with E-state index < -0.39 is 0 Å². The molecule has 1 amide bonds. The van der Waals surface area contributed by atoms with Crippen LogP contribution in [0.5, 0.6) is 0 Å². The molecular weight excluding hydrogens is 198 g/mol. The number of nitrogens with one attached hydrogen (secondary N) is 1. The highest BCUT2D eigenvalue weighted by Gasteiger charge is 2.01. The summed E-state index contributed by atoms with van der Waals surface area (Å²) in [6.45, 7) is 1.76. The van der Waals surface area contributed by atoms with Gasteiger partial charge >= 0.3 is 0 Å². The highest BCUT2D eigenvalue weighted by molar-refractivity contribution is 7.80. The predicted octanol–water partition coefficient (Wildman–Crippen LogP) is 0.121. The summed E-state index contributed by atoms with van der Waals surface area (Å²) in [6.07, 6.45) is 2.19. The smallest absolute Gasteiger partial charge is 0.219 e. The summed E-state index contributed by atoms with van der Waals surface area (Å²) in [7, 11) is 3.65. The van der Waals surface area contributed by atoms with Gasteiger partial charge in [-0.2, -0.15) is 0 Å². The number of hydrogen-bond acceptors (Lipinski definition) is 3. The van der Waals surface area contributed by atoms with Crippen molar-refractivity contribution < 1.29 is 4.79 Å². The van der Waals surface area contributed by atoms with Crippen molar-refractivity contribution in [1.29, 1.82) is 0 Å². The van der Waals surface area contributed by atoms with Gasteiger partial charge in [0.1, 0.15) is 0 Å². The molecule has 4 nitrogen and oxygen atoms in total. The van der Waals surface area contributed by atoms with Crippen LogP contribution in [0, 0.1) is 0 Å². The van der Waals surface area contributed by atoms with Crippen LogP contribution in [0.1, 0.15) is 19.3 Å². The monoisotopic (exact) mass is 217 g/mol. The normalized spacial score (nSPS) is 10.2. The number of hydrogen-bond donors (Lipinski definition) is 2. The molecule has 0 aromatic carbocycles. The van der Waals surface area contributed by atoms with Gasteiger partial charge in [0, 0.05) is 26.4 Å². The van der Waals surface area contributed by atoms with Crippen molar-refractivity contribution in [3.8, 4) is 0 Å². The summed E-state index contributed by atoms with van der Waals surface area (Å²) >= 11 is 4.77. The van der Waals surface area contributed by atoms with Gasteiger partial charge in [0.2, 0.25) is 5.91 Å². The minimum atomic E-state index is 0.0905. The van der Waals surface area contributed by atoms with Gasteiger partial charge in [0.25, 0.3) is 0 Å². The van der Waals surface area contributed by atoms with E-state index in [0.29, 0.717) is 11.4 Å². The Morgan fingerprint density at radius 2 is 2.07 bits per heavy atom. The molecule has 82 valence electrons. The fraction of sp³-hybridized carbons (Fsp3) is 0.778. The van der Waals surface area contributed by atoms with Crippen LogP contribution in [0.3, 0.4) is 0 Å². The molecule has 0 aliphatic heterocycles. The maximum atomic E-state index is 10.9. The number of carbonyl (C=O) groups is 1. The Hall–Kier alpha value is -0.680. The molecule has 0 saturated heterocycles. The first-order valence-electron chi connectivity index (χ1n) is 4.73. The van der Waals surface area contributed by atoms with Crippen LogP contribution in [0.2, 0.25) is 0 Å². The molecule has 3 N–H and O–H groups in total. The Morgan fingerprint density at radius 1 is 1.43 bits per heavy atom. The van der Waals surface area contributed by atoms with Gasteiger partial charge in [-0.15, -0.1) is 0 Å². The lowest BCUT2D eigenvalue weighted by Crippen LogP contribution is -2.26. The minimum absolute atomic E-state index is 0.0905. The second-order valence-corrected chi connectivity index (χ2v) is 3.82. The van der Waals surface area contributed by atoms with Crippen LogP contribution < -0.4 is 11.1 Å². The van der Waals surface area contributed by atoms with E-state index in [2.05, 4.69) is 10.2 Å². The van der Waals surface area contributed by atoms with Crippen LogP contribution >= 0.6 is 12.2 Å². The molecule has 0 saturated carbocycles. The Morgan fingerprint density at radius 3 is 2.57 bits per heavy atom. The fourth-order valence-corrected chi connectivity index (χ4v) is 1.14. The van der Waals surface area contributed by atoms with Crippen molar-refractivity contribution in [1.82, 2.24) is 10.2 Å². The molecule has 0 fully saturated rings. The third-order valence-electron chi connectivity index (χ3n) is 1.96. The van der Waals surface area contributed by atoms with E-state index in [1.54, 1.807) is 7.05 Å². The van der Waals surface area contributed by atoms with E-state index in [-0.39, 0.29) is 5.91 Å². The molecule has 0 rings (SSSR count). The first-order chi connectivity index (χ1) is 6.56. The standard InChI is InChI=1S/C9H19N3OS/c1-11-9(13)4-3-6-12(2)7-5-8(10)14/h3-7H2,1-2H3,(H2,10,14)(H,11,13). The Bertz CT molecular complexity index is 196. The molecule has 0 aliphatic carbocycles. The lowest BCUT2D eigenvalue weighted by Gasteiger charge is -2.15. The van der Waals surface area contributed by atoms with Crippen LogP contribution in [0.25, 0.3) is 0 Å². The summed E-state index contributed by atoms with van der Waals surface area (Å²) in [4.78, 5) is 13.6. The Balaban J connectivity index is 3.39. The molecule has 0 unspecified atom stereocenters. The molecular formula is C9H19N3OS. The lowest BCUT2D eigenvalue weighted by atomic mass is 10.2. The van der Waals surface area contributed by atoms with Crippen molar-refractivity contribution in [2.24, 2.45) is 5.73 Å². The minimum Gasteiger partial charge on any atom is -0.393 e. The van der Waals surface area contributed by atoms with E-state index >= 15 is 0 Å². The third-order valence-corrected chi connectivity index (χ3v) is 2.17. The van der Waals surface area contributed by atoms with Gasteiger partial charge in [0.05, 0.1) is 4.99 Å². The van der Waals surface area contributed by atoms with E-state index in [1.165, 1.54) is 0 Å². The van der Waals surface area contributed by atoms with E-state index in [1.807, 2.05) is 7.05 Å².